The molecule has 0 spiro atoms. The van der Waals surface area contributed by atoms with E-state index in [1.807, 2.05) is 27.9 Å². The Kier molecular flexibility index (Phi) is 58.1. The zero-order valence-corrected chi connectivity index (χ0v) is 21.2. The van der Waals surface area contributed by atoms with Crippen molar-refractivity contribution in [2.45, 2.75) is 40.0 Å². The maximum absolute atomic E-state index is 10.3. The van der Waals surface area contributed by atoms with E-state index in [4.69, 9.17) is 22.4 Å². The van der Waals surface area contributed by atoms with Crippen molar-refractivity contribution in [1.82, 2.24) is 10.6 Å². The van der Waals surface area contributed by atoms with Gasteiger partial charge < -0.3 is 21.5 Å². The van der Waals surface area contributed by atoms with E-state index in [1.165, 1.54) is 17.8 Å². The molecule has 8 nitrogen and oxygen atoms in total. The molecule has 31 heavy (non-hydrogen) atoms. The number of carboxylic acids is 1. The number of rotatable bonds is 8. The molecule has 2 amide bonds. The number of nitrogens with one attached hydrogen (secondary N) is 2. The van der Waals surface area contributed by atoms with Gasteiger partial charge in [0.25, 0.3) is 0 Å². The molecule has 0 aromatic carbocycles. The molecular formula is C21H43Cl2N4O4+. The van der Waals surface area contributed by atoms with Crippen LogP contribution in [0.5, 0.6) is 0 Å². The lowest BCUT2D eigenvalue weighted by atomic mass is 10.4. The highest BCUT2D eigenvalue weighted by molar-refractivity contribution is 6.54. The van der Waals surface area contributed by atoms with E-state index >= 15 is 0 Å². The van der Waals surface area contributed by atoms with Crippen LogP contribution in [0, 0.1) is 0 Å². The molecule has 0 fully saturated rings. The van der Waals surface area contributed by atoms with Crippen LogP contribution < -0.4 is 16.4 Å². The van der Waals surface area contributed by atoms with Crippen LogP contribution >= 0.6 is 24.0 Å². The molecule has 10 heteroatoms. The molecule has 0 unspecified atom stereocenters. The van der Waals surface area contributed by atoms with E-state index in [1.54, 1.807) is 4.58 Å². The molecule has 0 saturated heterocycles. The van der Waals surface area contributed by atoms with Gasteiger partial charge in [-0.3, -0.25) is 9.59 Å². The van der Waals surface area contributed by atoms with Crippen molar-refractivity contribution in [2.24, 2.45) is 5.73 Å². The molecule has 0 heterocycles. The fourth-order valence-electron chi connectivity index (χ4n) is 0.641. The Morgan fingerprint density at radius 3 is 1.26 bits per heavy atom. The second-order valence-electron chi connectivity index (χ2n) is 5.38. The van der Waals surface area contributed by atoms with Crippen LogP contribution in [0.2, 0.25) is 0 Å². The van der Waals surface area contributed by atoms with Crippen molar-refractivity contribution in [1.29, 1.82) is 0 Å². The van der Waals surface area contributed by atoms with Crippen LogP contribution in [0.3, 0.4) is 0 Å². The highest BCUT2D eigenvalue weighted by atomic mass is 35.5. The lowest BCUT2D eigenvalue weighted by Gasteiger charge is -1.94. The number of carbonyl (C=O) groups is 3. The molecule has 0 aromatic heterocycles. The molecule has 184 valence electrons. The minimum absolute atomic E-state index is 0. The summed E-state index contributed by atoms with van der Waals surface area (Å²) in [6, 6.07) is 0. The summed E-state index contributed by atoms with van der Waals surface area (Å²) in [6.45, 7) is 17.9. The Balaban J connectivity index is -0.0000000642. The molecule has 0 atom stereocenters. The Hall–Kier alpha value is -2.16. The van der Waals surface area contributed by atoms with Crippen LogP contribution in [0.4, 0.5) is 0 Å². The van der Waals surface area contributed by atoms with Crippen molar-refractivity contribution in [3.05, 3.63) is 38.0 Å². The summed E-state index contributed by atoms with van der Waals surface area (Å²) in [5.41, 5.74) is 6.50. The highest BCUT2D eigenvalue weighted by Crippen LogP contribution is 1.71. The number of hydrogen-bond donors (Lipinski definition) is 4. The molecule has 0 rings (SSSR count). The van der Waals surface area contributed by atoms with E-state index in [0.29, 0.717) is 0 Å². The number of amides is 2. The van der Waals surface area contributed by atoms with Crippen molar-refractivity contribution < 1.29 is 24.1 Å². The quantitative estimate of drug-likeness (QED) is 0.239. The Morgan fingerprint density at radius 2 is 1.16 bits per heavy atom. The van der Waals surface area contributed by atoms with Crippen LogP contribution in [0.25, 0.3) is 0 Å². The first-order chi connectivity index (χ1) is 14.1. The number of carbonyl (C=O) groups excluding carboxylic acids is 2. The third kappa shape index (κ3) is 84.4. The number of halogens is 2. The minimum Gasteiger partial charge on any atom is -0.478 e. The summed E-state index contributed by atoms with van der Waals surface area (Å²) in [5.74, 6) is -1.16. The Bertz CT molecular complexity index is 456. The van der Waals surface area contributed by atoms with Gasteiger partial charge in [0.15, 0.2) is 0 Å². The fourth-order valence-corrected chi connectivity index (χ4v) is 0.641. The Morgan fingerprint density at radius 1 is 0.903 bits per heavy atom. The molecular weight excluding hydrogens is 443 g/mol. The molecule has 0 aliphatic heterocycles. The van der Waals surface area contributed by atoms with E-state index < -0.39 is 5.97 Å². The maximum Gasteiger partial charge on any atom is 0.327 e. The maximum atomic E-state index is 10.3. The Labute approximate surface area is 199 Å². The molecule has 0 aliphatic carbocycles. The van der Waals surface area contributed by atoms with Gasteiger partial charge in [0, 0.05) is 19.2 Å². The van der Waals surface area contributed by atoms with Gasteiger partial charge in [-0.05, 0) is 49.6 Å². The van der Waals surface area contributed by atoms with Crippen LogP contribution in [-0.2, 0) is 14.4 Å². The topological polar surface area (TPSA) is 125 Å². The summed E-state index contributed by atoms with van der Waals surface area (Å²) in [4.78, 5) is 29.9. The van der Waals surface area contributed by atoms with Gasteiger partial charge in [-0.15, -0.1) is 12.4 Å². The average molecular weight is 487 g/mol. The van der Waals surface area contributed by atoms with Crippen LogP contribution in [0.15, 0.2) is 38.0 Å². The van der Waals surface area contributed by atoms with E-state index in [9.17, 15) is 14.4 Å². The summed E-state index contributed by atoms with van der Waals surface area (Å²) in [7, 11) is 3.74. The van der Waals surface area contributed by atoms with Crippen molar-refractivity contribution in [3.63, 3.8) is 0 Å². The smallest absolute Gasteiger partial charge is 0.327 e. The molecule has 5 N–H and O–H groups in total. The largest absolute Gasteiger partial charge is 0.478 e. The predicted octanol–water partition coefficient (Wildman–Crippen LogP) is 2.96. The summed E-state index contributed by atoms with van der Waals surface area (Å²) >= 11 is 5.14. The number of aliphatic carboxylic acids is 1. The summed E-state index contributed by atoms with van der Waals surface area (Å²) in [6.07, 6.45) is 6.42. The zero-order valence-electron chi connectivity index (χ0n) is 19.7. The number of nitrogens with zero attached hydrogens (tertiary/aromatic N) is 1. The normalized spacial score (nSPS) is 7.32. The van der Waals surface area contributed by atoms with Crippen LogP contribution in [-0.4, -0.2) is 66.9 Å². The second-order valence-corrected chi connectivity index (χ2v) is 5.58. The van der Waals surface area contributed by atoms with E-state index in [0.717, 1.165) is 45.0 Å². The third-order valence-corrected chi connectivity index (χ3v) is 2.52. The number of hydrogen-bond acceptors (Lipinski definition) is 4. The zero-order chi connectivity index (χ0) is 24.8. The van der Waals surface area contributed by atoms with Crippen molar-refractivity contribution in [3.8, 4) is 0 Å². The summed E-state index contributed by atoms with van der Waals surface area (Å²) in [5, 5.41) is 12.9. The van der Waals surface area contributed by atoms with E-state index in [-0.39, 0.29) is 24.2 Å². The minimum atomic E-state index is -0.981. The molecule has 0 aromatic rings. The van der Waals surface area contributed by atoms with Crippen molar-refractivity contribution in [2.75, 3.05) is 33.7 Å². The van der Waals surface area contributed by atoms with Crippen LogP contribution in [0.1, 0.15) is 40.0 Å². The van der Waals surface area contributed by atoms with Gasteiger partial charge in [0.05, 0.1) is 0 Å². The van der Waals surface area contributed by atoms with Gasteiger partial charge in [-0.1, -0.05) is 40.5 Å². The first-order valence-electron chi connectivity index (χ1n) is 9.53. The highest BCUT2D eigenvalue weighted by Gasteiger charge is 1.87. The summed E-state index contributed by atoms with van der Waals surface area (Å²) < 4.78 is 1.77. The first kappa shape index (κ1) is 42.8. The second kappa shape index (κ2) is 42.0. The number of nitrogens with two attached hydrogens (primary N) is 1. The monoisotopic (exact) mass is 485 g/mol. The van der Waals surface area contributed by atoms with Gasteiger partial charge in [0.2, 0.25) is 17.5 Å². The van der Waals surface area contributed by atoms with Gasteiger partial charge in [0.1, 0.15) is 14.1 Å². The van der Waals surface area contributed by atoms with Gasteiger partial charge in [-0.2, -0.15) is 0 Å². The van der Waals surface area contributed by atoms with Crippen molar-refractivity contribution >= 4 is 47.5 Å². The third-order valence-electron chi connectivity index (χ3n) is 2.13. The van der Waals surface area contributed by atoms with E-state index in [2.05, 4.69) is 37.3 Å². The van der Waals surface area contributed by atoms with Gasteiger partial charge >= 0.3 is 5.97 Å². The number of carboxylic acid groups (broad SMARTS) is 1. The van der Waals surface area contributed by atoms with Gasteiger partial charge in [-0.25, -0.2) is 9.37 Å². The lowest BCUT2D eigenvalue weighted by Crippen LogP contribution is -2.20. The molecule has 0 radical (unpaired) electrons. The first-order valence-corrected chi connectivity index (χ1v) is 9.97. The standard InChI is InChI=1S/2C6H11NO.C3H7ClN.C3H9N.C3H4O2.ClH/c2*1-3-5-7-6(8)4-2;1-5(2)3-4;1-2-3-4;1-2-3(4)5;/h2*4H,2-3,5H2,1H3,(H,7,8);3H,1-2H3;2-4H2,1H3;2H,1H2,(H,4,5);1H/q;;+1;;;. The SMILES string of the molecule is C=CC(=O)NCCC.C=CC(=O)NCCC.C=CC(=O)O.CCCN.C[N+](C)=CCl.Cl. The molecule has 0 bridgehead atoms. The fraction of sp³-hybridized carbons (Fsp3) is 0.524. The predicted molar refractivity (Wildman–Crippen MR) is 135 cm³/mol. The molecule has 0 saturated carbocycles. The molecule has 0 aliphatic rings. The lowest BCUT2D eigenvalue weighted by molar-refractivity contribution is -0.457. The average Bonchev–Trinajstić information content (AvgIpc) is 2.76.